The molecule has 2 rings (SSSR count). The maximum atomic E-state index is 11.7. The lowest BCUT2D eigenvalue weighted by Gasteiger charge is -2.39. The normalized spacial score (nSPS) is 39.1. The van der Waals surface area contributed by atoms with Gasteiger partial charge in [0.2, 0.25) is 0 Å². The van der Waals surface area contributed by atoms with E-state index in [1.54, 1.807) is 0 Å². The Bertz CT molecular complexity index is 371. The van der Waals surface area contributed by atoms with Crippen LogP contribution in [0.15, 0.2) is 0 Å². The van der Waals surface area contributed by atoms with Gasteiger partial charge in [-0.05, 0) is 19.8 Å². The van der Waals surface area contributed by atoms with Crippen LogP contribution < -0.4 is 5.73 Å². The van der Waals surface area contributed by atoms with Crippen molar-refractivity contribution < 1.29 is 13.2 Å². The van der Waals surface area contributed by atoms with E-state index in [-0.39, 0.29) is 23.1 Å². The summed E-state index contributed by atoms with van der Waals surface area (Å²) in [6, 6.07) is 0. The van der Waals surface area contributed by atoms with E-state index in [2.05, 4.69) is 4.90 Å². The van der Waals surface area contributed by atoms with Gasteiger partial charge in [-0.25, -0.2) is 8.42 Å². The summed E-state index contributed by atoms with van der Waals surface area (Å²) >= 11 is 0. The zero-order chi connectivity index (χ0) is 12.5. The van der Waals surface area contributed by atoms with E-state index in [4.69, 9.17) is 10.5 Å². The number of ether oxygens (including phenoxy) is 1. The zero-order valence-electron chi connectivity index (χ0n) is 10.4. The van der Waals surface area contributed by atoms with Gasteiger partial charge in [-0.2, -0.15) is 0 Å². The fourth-order valence-corrected chi connectivity index (χ4v) is 4.96. The van der Waals surface area contributed by atoms with E-state index >= 15 is 0 Å². The van der Waals surface area contributed by atoms with E-state index in [0.717, 1.165) is 26.1 Å². The maximum Gasteiger partial charge on any atom is 0.152 e. The van der Waals surface area contributed by atoms with Crippen molar-refractivity contribution in [2.24, 2.45) is 5.73 Å². The summed E-state index contributed by atoms with van der Waals surface area (Å²) in [6.45, 7) is 4.87. The van der Waals surface area contributed by atoms with Gasteiger partial charge in [0, 0.05) is 31.8 Å². The Morgan fingerprint density at radius 2 is 2.29 bits per heavy atom. The van der Waals surface area contributed by atoms with Crippen LogP contribution in [0.1, 0.15) is 19.8 Å². The van der Waals surface area contributed by atoms with Gasteiger partial charge in [0.25, 0.3) is 0 Å². The second kappa shape index (κ2) is 4.84. The molecule has 0 radical (unpaired) electrons. The lowest BCUT2D eigenvalue weighted by Crippen LogP contribution is -2.56. The van der Waals surface area contributed by atoms with Gasteiger partial charge in [0.05, 0.1) is 17.6 Å². The molecule has 0 saturated carbocycles. The highest BCUT2D eigenvalue weighted by Crippen LogP contribution is 2.30. The monoisotopic (exact) mass is 262 g/mol. The Hall–Kier alpha value is -0.170. The topological polar surface area (TPSA) is 72.6 Å². The molecule has 17 heavy (non-hydrogen) atoms. The van der Waals surface area contributed by atoms with Crippen molar-refractivity contribution in [2.75, 3.05) is 37.7 Å². The van der Waals surface area contributed by atoms with Crippen LogP contribution >= 0.6 is 0 Å². The summed E-state index contributed by atoms with van der Waals surface area (Å²) in [7, 11) is -2.91. The van der Waals surface area contributed by atoms with Crippen LogP contribution in [-0.2, 0) is 14.6 Å². The number of hydrogen-bond acceptors (Lipinski definition) is 5. The quantitative estimate of drug-likeness (QED) is 0.734. The average molecular weight is 262 g/mol. The lowest BCUT2D eigenvalue weighted by atomic mass is 9.96. The van der Waals surface area contributed by atoms with Crippen molar-refractivity contribution in [3.63, 3.8) is 0 Å². The summed E-state index contributed by atoms with van der Waals surface area (Å²) in [6.07, 6.45) is 1.77. The standard InChI is InChI=1S/C11H22N2O3S/c1-10-7-13(4-2-5-16-10)11(8-12)3-6-17(14,15)9-11/h10H,2-9,12H2,1H3. The van der Waals surface area contributed by atoms with Crippen molar-refractivity contribution in [3.8, 4) is 0 Å². The highest BCUT2D eigenvalue weighted by molar-refractivity contribution is 7.91. The van der Waals surface area contributed by atoms with Gasteiger partial charge in [-0.15, -0.1) is 0 Å². The van der Waals surface area contributed by atoms with E-state index in [9.17, 15) is 8.42 Å². The average Bonchev–Trinajstić information content (AvgIpc) is 2.45. The Kier molecular flexibility index (Phi) is 3.77. The largest absolute Gasteiger partial charge is 0.377 e. The molecule has 2 aliphatic rings. The second-order valence-corrected chi connectivity index (χ2v) is 7.44. The SMILES string of the molecule is CC1CN(C2(CN)CCS(=O)(=O)C2)CCCO1. The van der Waals surface area contributed by atoms with Crippen molar-refractivity contribution in [1.82, 2.24) is 4.90 Å². The summed E-state index contributed by atoms with van der Waals surface area (Å²) < 4.78 is 29.0. The molecule has 2 atom stereocenters. The Labute approximate surface area is 103 Å². The van der Waals surface area contributed by atoms with Gasteiger partial charge in [0.15, 0.2) is 9.84 Å². The molecule has 2 N–H and O–H groups in total. The molecular weight excluding hydrogens is 240 g/mol. The molecule has 2 fully saturated rings. The molecule has 2 heterocycles. The highest BCUT2D eigenvalue weighted by atomic mass is 32.2. The van der Waals surface area contributed by atoms with Crippen molar-refractivity contribution >= 4 is 9.84 Å². The fourth-order valence-electron chi connectivity index (χ4n) is 2.86. The third kappa shape index (κ3) is 2.81. The predicted molar refractivity (Wildman–Crippen MR) is 66.7 cm³/mol. The molecule has 2 aliphatic heterocycles. The number of hydrogen-bond donors (Lipinski definition) is 1. The van der Waals surface area contributed by atoms with Crippen LogP contribution in [-0.4, -0.2) is 62.7 Å². The highest BCUT2D eigenvalue weighted by Gasteiger charge is 2.46. The Morgan fingerprint density at radius 1 is 1.53 bits per heavy atom. The minimum atomic E-state index is -2.91. The molecule has 2 saturated heterocycles. The first-order valence-corrected chi connectivity index (χ1v) is 8.07. The molecule has 0 bridgehead atoms. The first kappa shape index (κ1) is 13.3. The number of nitrogens with zero attached hydrogens (tertiary/aromatic N) is 1. The van der Waals surface area contributed by atoms with E-state index < -0.39 is 9.84 Å². The van der Waals surface area contributed by atoms with Gasteiger partial charge in [-0.1, -0.05) is 0 Å². The van der Waals surface area contributed by atoms with Gasteiger partial charge < -0.3 is 10.5 Å². The molecule has 0 aromatic heterocycles. The van der Waals surface area contributed by atoms with Gasteiger partial charge >= 0.3 is 0 Å². The van der Waals surface area contributed by atoms with Crippen LogP contribution in [0, 0.1) is 0 Å². The van der Waals surface area contributed by atoms with Crippen LogP contribution in [0.4, 0.5) is 0 Å². The minimum absolute atomic E-state index is 0.157. The lowest BCUT2D eigenvalue weighted by molar-refractivity contribution is 0.0449. The summed E-state index contributed by atoms with van der Waals surface area (Å²) in [4.78, 5) is 2.25. The van der Waals surface area contributed by atoms with Crippen LogP contribution in [0.25, 0.3) is 0 Å². The maximum absolute atomic E-state index is 11.7. The second-order valence-electron chi connectivity index (χ2n) is 5.25. The zero-order valence-corrected chi connectivity index (χ0v) is 11.2. The fraction of sp³-hybridized carbons (Fsp3) is 1.00. The number of nitrogens with two attached hydrogens (primary N) is 1. The summed E-state index contributed by atoms with van der Waals surface area (Å²) in [5.41, 5.74) is 5.52. The molecule has 0 aliphatic carbocycles. The predicted octanol–water partition coefficient (Wildman–Crippen LogP) is -0.387. The number of rotatable bonds is 2. The molecule has 0 aromatic carbocycles. The molecule has 6 heteroatoms. The van der Waals surface area contributed by atoms with E-state index in [1.807, 2.05) is 6.92 Å². The van der Waals surface area contributed by atoms with Crippen LogP contribution in [0.3, 0.4) is 0 Å². The van der Waals surface area contributed by atoms with E-state index in [1.165, 1.54) is 0 Å². The summed E-state index contributed by atoms with van der Waals surface area (Å²) in [5.74, 6) is 0.485. The van der Waals surface area contributed by atoms with E-state index in [0.29, 0.717) is 13.0 Å². The van der Waals surface area contributed by atoms with Crippen LogP contribution in [0.5, 0.6) is 0 Å². The van der Waals surface area contributed by atoms with Crippen molar-refractivity contribution in [3.05, 3.63) is 0 Å². The first-order chi connectivity index (χ1) is 7.97. The van der Waals surface area contributed by atoms with Gasteiger partial charge in [0.1, 0.15) is 0 Å². The Morgan fingerprint density at radius 3 is 2.88 bits per heavy atom. The van der Waals surface area contributed by atoms with Crippen molar-refractivity contribution in [2.45, 2.75) is 31.4 Å². The van der Waals surface area contributed by atoms with Gasteiger partial charge in [-0.3, -0.25) is 4.90 Å². The van der Waals surface area contributed by atoms with Crippen LogP contribution in [0.2, 0.25) is 0 Å². The third-order valence-corrected chi connectivity index (χ3v) is 5.67. The molecule has 0 aromatic rings. The first-order valence-electron chi connectivity index (χ1n) is 6.25. The molecule has 100 valence electrons. The molecule has 2 unspecified atom stereocenters. The van der Waals surface area contributed by atoms with Crippen molar-refractivity contribution in [1.29, 1.82) is 0 Å². The summed E-state index contributed by atoms with van der Waals surface area (Å²) in [5, 5.41) is 0. The molecule has 0 amide bonds. The number of sulfone groups is 1. The molecule has 5 nitrogen and oxygen atoms in total. The Balaban J connectivity index is 2.17. The minimum Gasteiger partial charge on any atom is -0.377 e. The smallest absolute Gasteiger partial charge is 0.152 e. The third-order valence-electron chi connectivity index (χ3n) is 3.87. The molecular formula is C11H22N2O3S. The molecule has 0 spiro atoms.